The number of carboxylic acids is 1. The lowest BCUT2D eigenvalue weighted by Gasteiger charge is -2.28. The fourth-order valence-electron chi connectivity index (χ4n) is 2.61. The second-order valence-corrected chi connectivity index (χ2v) is 5.34. The highest BCUT2D eigenvalue weighted by Gasteiger charge is 2.31. The third-order valence-corrected chi connectivity index (χ3v) is 3.77. The van der Waals surface area contributed by atoms with Crippen LogP contribution in [0.2, 0.25) is 0 Å². The largest absolute Gasteiger partial charge is 0.481 e. The highest BCUT2D eigenvalue weighted by molar-refractivity contribution is 5.92. The molecule has 0 bridgehead atoms. The lowest BCUT2D eigenvalue weighted by Crippen LogP contribution is -2.44. The van der Waals surface area contributed by atoms with Gasteiger partial charge in [-0.1, -0.05) is 25.0 Å². The van der Waals surface area contributed by atoms with Gasteiger partial charge in [0.1, 0.15) is 0 Å². The van der Waals surface area contributed by atoms with Gasteiger partial charge in [0, 0.05) is 17.8 Å². The molecule has 1 amide bonds. The fraction of sp³-hybridized carbons (Fsp3) is 0.375. The van der Waals surface area contributed by atoms with E-state index >= 15 is 0 Å². The van der Waals surface area contributed by atoms with Gasteiger partial charge in [0.15, 0.2) is 0 Å². The van der Waals surface area contributed by atoms with E-state index in [1.54, 1.807) is 18.2 Å². The summed E-state index contributed by atoms with van der Waals surface area (Å²) in [6, 6.07) is 6.89. The maximum absolute atomic E-state index is 11.9. The van der Waals surface area contributed by atoms with Gasteiger partial charge in [0.2, 0.25) is 5.91 Å². The Labute approximate surface area is 123 Å². The zero-order chi connectivity index (χ0) is 15.2. The molecule has 0 radical (unpaired) electrons. The fourth-order valence-corrected chi connectivity index (χ4v) is 2.61. The first-order valence-corrected chi connectivity index (χ1v) is 7.13. The Morgan fingerprint density at radius 2 is 1.86 bits per heavy atom. The van der Waals surface area contributed by atoms with Crippen molar-refractivity contribution in [2.45, 2.75) is 31.7 Å². The number of hydrogen-bond acceptors (Lipinski definition) is 3. The Bertz CT molecular complexity index is 537. The lowest BCUT2D eigenvalue weighted by atomic mass is 9.84. The number of nitrogen functional groups attached to an aromatic ring is 1. The first-order valence-electron chi connectivity index (χ1n) is 7.13. The first kappa shape index (κ1) is 15.1. The van der Waals surface area contributed by atoms with Crippen molar-refractivity contribution in [3.05, 3.63) is 35.9 Å². The minimum atomic E-state index is -0.831. The van der Waals surface area contributed by atoms with Gasteiger partial charge in [-0.2, -0.15) is 0 Å². The van der Waals surface area contributed by atoms with E-state index in [2.05, 4.69) is 5.32 Å². The summed E-state index contributed by atoms with van der Waals surface area (Å²) in [5.74, 6) is -1.57. The molecule has 4 N–H and O–H groups in total. The maximum Gasteiger partial charge on any atom is 0.308 e. The van der Waals surface area contributed by atoms with Gasteiger partial charge < -0.3 is 16.2 Å². The molecule has 5 heteroatoms. The van der Waals surface area contributed by atoms with Crippen LogP contribution in [0.4, 0.5) is 5.69 Å². The van der Waals surface area contributed by atoms with Crippen molar-refractivity contribution in [3.63, 3.8) is 0 Å². The first-order chi connectivity index (χ1) is 10.1. The predicted octanol–water partition coefficient (Wildman–Crippen LogP) is 2.04. The molecule has 1 aromatic rings. The molecule has 1 aromatic carbocycles. The number of carbonyl (C=O) groups is 2. The molecule has 2 rings (SSSR count). The molecule has 1 aliphatic rings. The topological polar surface area (TPSA) is 92.4 Å². The minimum absolute atomic E-state index is 0.259. The third kappa shape index (κ3) is 4.34. The summed E-state index contributed by atoms with van der Waals surface area (Å²) in [5.41, 5.74) is 7.13. The van der Waals surface area contributed by atoms with Gasteiger partial charge in [0.05, 0.1) is 5.92 Å². The van der Waals surface area contributed by atoms with E-state index in [1.807, 2.05) is 12.1 Å². The molecule has 0 saturated heterocycles. The smallest absolute Gasteiger partial charge is 0.308 e. The van der Waals surface area contributed by atoms with Gasteiger partial charge in [-0.15, -0.1) is 0 Å². The number of hydrogen-bond donors (Lipinski definition) is 3. The Morgan fingerprint density at radius 3 is 2.52 bits per heavy atom. The summed E-state index contributed by atoms with van der Waals surface area (Å²) in [7, 11) is 0. The van der Waals surface area contributed by atoms with Crippen molar-refractivity contribution in [1.29, 1.82) is 0 Å². The Morgan fingerprint density at radius 1 is 1.19 bits per heavy atom. The van der Waals surface area contributed by atoms with Crippen LogP contribution in [0.5, 0.6) is 0 Å². The summed E-state index contributed by atoms with van der Waals surface area (Å²) < 4.78 is 0. The molecule has 1 aliphatic carbocycles. The van der Waals surface area contributed by atoms with Gasteiger partial charge >= 0.3 is 5.97 Å². The minimum Gasteiger partial charge on any atom is -0.481 e. The average Bonchev–Trinajstić information content (AvgIpc) is 2.47. The Kier molecular flexibility index (Phi) is 4.98. The number of aliphatic carboxylic acids is 1. The van der Waals surface area contributed by atoms with Crippen LogP contribution in [-0.4, -0.2) is 23.0 Å². The van der Waals surface area contributed by atoms with Crippen LogP contribution in [0, 0.1) is 5.92 Å². The molecule has 0 aliphatic heterocycles. The molecule has 0 aromatic heterocycles. The molecule has 0 spiro atoms. The predicted molar refractivity (Wildman–Crippen MR) is 81.4 cm³/mol. The molecule has 21 heavy (non-hydrogen) atoms. The summed E-state index contributed by atoms with van der Waals surface area (Å²) >= 11 is 0. The maximum atomic E-state index is 11.9. The summed E-state index contributed by atoms with van der Waals surface area (Å²) in [6.45, 7) is 0. The van der Waals surface area contributed by atoms with E-state index in [4.69, 9.17) is 5.73 Å². The third-order valence-electron chi connectivity index (χ3n) is 3.77. The van der Waals surface area contributed by atoms with Gasteiger partial charge in [-0.3, -0.25) is 9.59 Å². The number of benzene rings is 1. The SMILES string of the molecule is Nc1ccc(/C=C/C(=O)NC2CCCCC2C(=O)O)cc1. The molecule has 0 heterocycles. The highest BCUT2D eigenvalue weighted by Crippen LogP contribution is 2.24. The number of nitrogens with two attached hydrogens (primary N) is 1. The van der Waals surface area contributed by atoms with Crippen LogP contribution < -0.4 is 11.1 Å². The molecular formula is C16H20N2O3. The number of carboxylic acid groups (broad SMARTS) is 1. The lowest BCUT2D eigenvalue weighted by molar-refractivity contribution is -0.144. The van der Waals surface area contributed by atoms with Crippen molar-refractivity contribution in [2.75, 3.05) is 5.73 Å². The van der Waals surface area contributed by atoms with Crippen LogP contribution in [0.3, 0.4) is 0 Å². The van der Waals surface area contributed by atoms with E-state index < -0.39 is 11.9 Å². The second-order valence-electron chi connectivity index (χ2n) is 5.34. The summed E-state index contributed by atoms with van der Waals surface area (Å²) in [4.78, 5) is 23.1. The molecule has 2 unspecified atom stereocenters. The number of amides is 1. The van der Waals surface area contributed by atoms with Crippen LogP contribution in [0.25, 0.3) is 6.08 Å². The van der Waals surface area contributed by atoms with Crippen molar-refractivity contribution < 1.29 is 14.7 Å². The standard InChI is InChI=1S/C16H20N2O3/c17-12-8-5-11(6-9-12)7-10-15(19)18-14-4-2-1-3-13(14)16(20)21/h5-10,13-14H,1-4,17H2,(H,18,19)(H,20,21)/b10-7+. The molecular weight excluding hydrogens is 268 g/mol. The van der Waals surface area contributed by atoms with Gasteiger partial charge in [0.25, 0.3) is 0 Å². The number of nitrogens with one attached hydrogen (secondary N) is 1. The van der Waals surface area contributed by atoms with E-state index in [0.717, 1.165) is 24.8 Å². The van der Waals surface area contributed by atoms with E-state index in [-0.39, 0.29) is 11.9 Å². The number of rotatable bonds is 4. The summed E-state index contributed by atoms with van der Waals surface area (Å²) in [5, 5.41) is 12.0. The van der Waals surface area contributed by atoms with Crippen molar-refractivity contribution in [2.24, 2.45) is 5.92 Å². The normalized spacial score (nSPS) is 22.1. The van der Waals surface area contributed by atoms with Gasteiger partial charge in [-0.05, 0) is 36.6 Å². The van der Waals surface area contributed by atoms with E-state index in [1.165, 1.54) is 6.08 Å². The monoisotopic (exact) mass is 288 g/mol. The Hall–Kier alpha value is -2.30. The number of carbonyl (C=O) groups excluding carboxylic acids is 1. The second kappa shape index (κ2) is 6.92. The van der Waals surface area contributed by atoms with Crippen LogP contribution >= 0.6 is 0 Å². The highest BCUT2D eigenvalue weighted by atomic mass is 16.4. The van der Waals surface area contributed by atoms with Gasteiger partial charge in [-0.25, -0.2) is 0 Å². The molecule has 112 valence electrons. The molecule has 1 fully saturated rings. The van der Waals surface area contributed by atoms with E-state index in [9.17, 15) is 14.7 Å². The summed E-state index contributed by atoms with van der Waals surface area (Å²) in [6.07, 6.45) is 6.33. The zero-order valence-corrected chi connectivity index (χ0v) is 11.8. The van der Waals surface area contributed by atoms with Crippen LogP contribution in [0.1, 0.15) is 31.2 Å². The van der Waals surface area contributed by atoms with Crippen molar-refractivity contribution in [1.82, 2.24) is 5.32 Å². The van der Waals surface area contributed by atoms with Crippen LogP contribution in [-0.2, 0) is 9.59 Å². The molecule has 1 saturated carbocycles. The average molecular weight is 288 g/mol. The number of anilines is 1. The van der Waals surface area contributed by atoms with Crippen molar-refractivity contribution in [3.8, 4) is 0 Å². The zero-order valence-electron chi connectivity index (χ0n) is 11.8. The van der Waals surface area contributed by atoms with Crippen molar-refractivity contribution >= 4 is 23.6 Å². The van der Waals surface area contributed by atoms with E-state index in [0.29, 0.717) is 12.1 Å². The molecule has 2 atom stereocenters. The molecule has 5 nitrogen and oxygen atoms in total. The van der Waals surface area contributed by atoms with Crippen LogP contribution in [0.15, 0.2) is 30.3 Å². The quantitative estimate of drug-likeness (QED) is 0.584. The Balaban J connectivity index is 1.94.